The fourth-order valence-corrected chi connectivity index (χ4v) is 2.69. The van der Waals surface area contributed by atoms with Gasteiger partial charge in [0.05, 0.1) is 25.1 Å². The largest absolute Gasteiger partial charge is 0.381 e. The van der Waals surface area contributed by atoms with Gasteiger partial charge in [0.1, 0.15) is 5.69 Å². The van der Waals surface area contributed by atoms with Crippen molar-refractivity contribution in [2.75, 3.05) is 13.2 Å². The summed E-state index contributed by atoms with van der Waals surface area (Å²) < 4.78 is 7.28. The number of ether oxygens (including phenoxy) is 1. The summed E-state index contributed by atoms with van der Waals surface area (Å²) in [6.07, 6.45) is 10.1. The lowest BCUT2D eigenvalue weighted by Gasteiger charge is -2.05. The Morgan fingerprint density at radius 2 is 2.28 bits per heavy atom. The van der Waals surface area contributed by atoms with Gasteiger partial charge in [-0.1, -0.05) is 18.1 Å². The predicted molar refractivity (Wildman–Crippen MR) is 68.8 cm³/mol. The molecular formula is C13H20N4O. The van der Waals surface area contributed by atoms with Crippen molar-refractivity contribution in [3.63, 3.8) is 0 Å². The van der Waals surface area contributed by atoms with Gasteiger partial charge in [0.15, 0.2) is 0 Å². The average Bonchev–Trinajstić information content (AvgIpc) is 3.09. The number of aliphatic imine (C=N–C) groups is 1. The molecule has 0 unspecified atom stereocenters. The molecule has 18 heavy (non-hydrogen) atoms. The third-order valence-electron chi connectivity index (χ3n) is 3.77. The number of hydrogen-bond donors (Lipinski definition) is 0. The zero-order chi connectivity index (χ0) is 12.2. The average molecular weight is 248 g/mol. The van der Waals surface area contributed by atoms with E-state index >= 15 is 0 Å². The van der Waals surface area contributed by atoms with Crippen molar-refractivity contribution >= 4 is 6.21 Å². The molecule has 5 heteroatoms. The molecule has 0 aromatic carbocycles. The van der Waals surface area contributed by atoms with Crippen LogP contribution in [-0.4, -0.2) is 40.5 Å². The topological polar surface area (TPSA) is 52.3 Å². The Hall–Kier alpha value is -1.23. The first-order chi connectivity index (χ1) is 8.90. The Kier molecular flexibility index (Phi) is 3.69. The Balaban J connectivity index is 1.55. The summed E-state index contributed by atoms with van der Waals surface area (Å²) >= 11 is 0. The van der Waals surface area contributed by atoms with Gasteiger partial charge in [-0.05, 0) is 19.3 Å². The lowest BCUT2D eigenvalue weighted by Crippen LogP contribution is -2.11. The normalized spacial score (nSPS) is 25.4. The molecular weight excluding hydrogens is 228 g/mol. The monoisotopic (exact) mass is 248 g/mol. The summed E-state index contributed by atoms with van der Waals surface area (Å²) in [5.74, 6) is 0.589. The van der Waals surface area contributed by atoms with Crippen molar-refractivity contribution in [2.24, 2.45) is 10.9 Å². The molecule has 2 heterocycles. The van der Waals surface area contributed by atoms with Crippen molar-refractivity contribution in [1.82, 2.24) is 15.0 Å². The van der Waals surface area contributed by atoms with Crippen LogP contribution in [-0.2, 0) is 11.3 Å². The molecule has 1 aromatic rings. The van der Waals surface area contributed by atoms with Gasteiger partial charge in [0, 0.05) is 19.1 Å². The molecule has 2 aliphatic rings. The molecule has 0 bridgehead atoms. The van der Waals surface area contributed by atoms with E-state index in [0.29, 0.717) is 12.0 Å². The number of aromatic nitrogens is 3. The minimum Gasteiger partial charge on any atom is -0.381 e. The first-order valence-corrected chi connectivity index (χ1v) is 6.91. The summed E-state index contributed by atoms with van der Waals surface area (Å²) in [5, 5.41) is 8.29. The fourth-order valence-electron chi connectivity index (χ4n) is 2.69. The Labute approximate surface area is 107 Å². The quantitative estimate of drug-likeness (QED) is 0.762. The zero-order valence-electron chi connectivity index (χ0n) is 10.7. The fraction of sp³-hybridized carbons (Fsp3) is 0.769. The maximum Gasteiger partial charge on any atom is 0.123 e. The molecule has 0 radical (unpaired) electrons. The van der Waals surface area contributed by atoms with Gasteiger partial charge in [-0.3, -0.25) is 9.67 Å². The van der Waals surface area contributed by atoms with E-state index in [0.717, 1.165) is 31.9 Å². The molecule has 3 rings (SSSR count). The smallest absolute Gasteiger partial charge is 0.123 e. The predicted octanol–water partition coefficient (Wildman–Crippen LogP) is 1.68. The van der Waals surface area contributed by atoms with E-state index in [2.05, 4.69) is 15.3 Å². The van der Waals surface area contributed by atoms with Crippen LogP contribution in [0.15, 0.2) is 11.2 Å². The van der Waals surface area contributed by atoms with Crippen LogP contribution in [0.25, 0.3) is 0 Å². The molecule has 0 amide bonds. The molecule has 1 aliphatic heterocycles. The van der Waals surface area contributed by atoms with Crippen molar-refractivity contribution in [2.45, 2.75) is 44.7 Å². The number of hydrogen-bond acceptors (Lipinski definition) is 4. The zero-order valence-corrected chi connectivity index (χ0v) is 10.7. The van der Waals surface area contributed by atoms with Crippen LogP contribution < -0.4 is 0 Å². The van der Waals surface area contributed by atoms with Crippen LogP contribution in [0.2, 0.25) is 0 Å². The number of rotatable bonds is 4. The van der Waals surface area contributed by atoms with E-state index < -0.39 is 0 Å². The summed E-state index contributed by atoms with van der Waals surface area (Å²) in [7, 11) is 0. The maximum absolute atomic E-state index is 5.36. The van der Waals surface area contributed by atoms with Gasteiger partial charge in [-0.25, -0.2) is 0 Å². The summed E-state index contributed by atoms with van der Waals surface area (Å²) in [6.45, 7) is 2.64. The molecule has 1 aliphatic carbocycles. The number of nitrogens with zero attached hydrogens (tertiary/aromatic N) is 4. The van der Waals surface area contributed by atoms with Crippen LogP contribution in [0.3, 0.4) is 0 Å². The lowest BCUT2D eigenvalue weighted by molar-refractivity contribution is 0.181. The maximum atomic E-state index is 5.36. The highest BCUT2D eigenvalue weighted by Crippen LogP contribution is 2.20. The van der Waals surface area contributed by atoms with Gasteiger partial charge in [-0.2, -0.15) is 0 Å². The Morgan fingerprint density at radius 1 is 1.39 bits per heavy atom. The molecule has 98 valence electrons. The van der Waals surface area contributed by atoms with E-state index in [1.54, 1.807) is 0 Å². The highest BCUT2D eigenvalue weighted by molar-refractivity contribution is 5.76. The minimum absolute atomic E-state index is 0.512. The third kappa shape index (κ3) is 2.96. The van der Waals surface area contributed by atoms with E-state index in [4.69, 9.17) is 4.74 Å². The van der Waals surface area contributed by atoms with E-state index in [-0.39, 0.29) is 0 Å². The third-order valence-corrected chi connectivity index (χ3v) is 3.77. The van der Waals surface area contributed by atoms with Crippen LogP contribution in [0, 0.1) is 5.92 Å². The second-order valence-electron chi connectivity index (χ2n) is 5.31. The highest BCUT2D eigenvalue weighted by atomic mass is 16.5. The molecule has 2 fully saturated rings. The lowest BCUT2D eigenvalue weighted by atomic mass is 10.1. The van der Waals surface area contributed by atoms with E-state index in [1.807, 2.05) is 17.1 Å². The van der Waals surface area contributed by atoms with Crippen LogP contribution in [0.1, 0.15) is 37.8 Å². The van der Waals surface area contributed by atoms with Crippen LogP contribution in [0.4, 0.5) is 0 Å². The molecule has 5 nitrogen and oxygen atoms in total. The van der Waals surface area contributed by atoms with Gasteiger partial charge >= 0.3 is 0 Å². The van der Waals surface area contributed by atoms with Gasteiger partial charge in [-0.15, -0.1) is 5.10 Å². The van der Waals surface area contributed by atoms with E-state index in [9.17, 15) is 0 Å². The minimum atomic E-state index is 0.512. The second-order valence-corrected chi connectivity index (χ2v) is 5.31. The first kappa shape index (κ1) is 11.8. The van der Waals surface area contributed by atoms with Gasteiger partial charge < -0.3 is 4.74 Å². The Morgan fingerprint density at radius 3 is 3.06 bits per heavy atom. The van der Waals surface area contributed by atoms with E-state index in [1.165, 1.54) is 25.7 Å². The summed E-state index contributed by atoms with van der Waals surface area (Å²) in [5.41, 5.74) is 0.876. The standard InChI is InChI=1S/C13H20N4O/c1-2-4-12(3-1)14-7-13-9-17(16-15-13)8-11-5-6-18-10-11/h7,9,11-12H,1-6,8,10H2/t11-/m0/s1. The summed E-state index contributed by atoms with van der Waals surface area (Å²) in [4.78, 5) is 4.57. The second kappa shape index (κ2) is 5.61. The summed E-state index contributed by atoms with van der Waals surface area (Å²) in [6, 6.07) is 0.512. The van der Waals surface area contributed by atoms with Crippen molar-refractivity contribution in [3.8, 4) is 0 Å². The van der Waals surface area contributed by atoms with Crippen LogP contribution >= 0.6 is 0 Å². The SMILES string of the molecule is C(=NC1CCCC1)c1cn(C[C@@H]2CCOC2)nn1. The van der Waals surface area contributed by atoms with Crippen molar-refractivity contribution < 1.29 is 4.74 Å². The molecule has 1 saturated heterocycles. The van der Waals surface area contributed by atoms with Crippen LogP contribution in [0.5, 0.6) is 0 Å². The molecule has 1 aromatic heterocycles. The molecule has 1 saturated carbocycles. The van der Waals surface area contributed by atoms with Crippen molar-refractivity contribution in [1.29, 1.82) is 0 Å². The highest BCUT2D eigenvalue weighted by Gasteiger charge is 2.17. The van der Waals surface area contributed by atoms with Crippen molar-refractivity contribution in [3.05, 3.63) is 11.9 Å². The Bertz CT molecular complexity index is 403. The molecule has 0 N–H and O–H groups in total. The molecule has 1 atom stereocenters. The first-order valence-electron chi connectivity index (χ1n) is 6.91. The van der Waals surface area contributed by atoms with Gasteiger partial charge in [0.2, 0.25) is 0 Å². The molecule has 0 spiro atoms. The van der Waals surface area contributed by atoms with Gasteiger partial charge in [0.25, 0.3) is 0 Å².